The van der Waals surface area contributed by atoms with Crippen molar-refractivity contribution in [2.45, 2.75) is 39.2 Å². The molecule has 154 valence electrons. The van der Waals surface area contributed by atoms with E-state index in [-0.39, 0.29) is 18.5 Å². The van der Waals surface area contributed by atoms with Gasteiger partial charge in [0.25, 0.3) is 5.91 Å². The summed E-state index contributed by atoms with van der Waals surface area (Å²) >= 11 is 1.41. The standard InChI is InChI=1S/C21H24F2N4OS/c1-3-4-19-16(11-25-27-19)15-9-20(29-12(15)2)21(28)26-14(10-24)7-13-5-6-17(22)18(23)8-13/h5-6,8-9,11,14H,3-4,7,10,24H2,1-2H3,(H,25,27)(H,26,28)/t14-/m0/s1. The fraction of sp³-hybridized carbons (Fsp3) is 0.333. The van der Waals surface area contributed by atoms with Crippen molar-refractivity contribution in [2.75, 3.05) is 6.54 Å². The molecule has 3 rings (SSSR count). The number of halogens is 2. The normalized spacial score (nSPS) is 12.2. The third kappa shape index (κ3) is 4.89. The first-order chi connectivity index (χ1) is 13.9. The van der Waals surface area contributed by atoms with Gasteiger partial charge in [-0.05, 0) is 49.1 Å². The predicted octanol–water partition coefficient (Wildman–Crippen LogP) is 3.98. The Balaban J connectivity index is 1.74. The molecule has 0 fully saturated rings. The van der Waals surface area contributed by atoms with E-state index in [0.717, 1.165) is 46.7 Å². The second kappa shape index (κ2) is 9.28. The van der Waals surface area contributed by atoms with Crippen LogP contribution in [0.25, 0.3) is 11.1 Å². The minimum absolute atomic E-state index is 0.185. The summed E-state index contributed by atoms with van der Waals surface area (Å²) in [6.45, 7) is 4.26. The number of aromatic amines is 1. The molecule has 1 amide bonds. The van der Waals surface area contributed by atoms with E-state index in [1.54, 1.807) is 6.20 Å². The summed E-state index contributed by atoms with van der Waals surface area (Å²) in [7, 11) is 0. The van der Waals surface area contributed by atoms with Gasteiger partial charge in [-0.3, -0.25) is 9.89 Å². The number of nitrogens with zero attached hydrogens (tertiary/aromatic N) is 1. The zero-order valence-electron chi connectivity index (χ0n) is 16.4. The van der Waals surface area contributed by atoms with Crippen LogP contribution in [0.3, 0.4) is 0 Å². The summed E-state index contributed by atoms with van der Waals surface area (Å²) in [5.74, 6) is -2.04. The number of hydrogen-bond donors (Lipinski definition) is 3. The maximum atomic E-state index is 13.4. The molecule has 0 aliphatic rings. The van der Waals surface area contributed by atoms with Crippen molar-refractivity contribution in [3.05, 3.63) is 63.1 Å². The average molecular weight is 419 g/mol. The first-order valence-electron chi connectivity index (χ1n) is 9.50. The van der Waals surface area contributed by atoms with Gasteiger partial charge in [0.2, 0.25) is 0 Å². The fourth-order valence-electron chi connectivity index (χ4n) is 3.25. The van der Waals surface area contributed by atoms with Crippen molar-refractivity contribution >= 4 is 17.2 Å². The van der Waals surface area contributed by atoms with Crippen molar-refractivity contribution in [1.82, 2.24) is 15.5 Å². The zero-order valence-corrected chi connectivity index (χ0v) is 17.2. The van der Waals surface area contributed by atoms with E-state index >= 15 is 0 Å². The van der Waals surface area contributed by atoms with Crippen LogP contribution in [0.15, 0.2) is 30.5 Å². The number of nitrogens with one attached hydrogen (secondary N) is 2. The SMILES string of the molecule is CCCc1[nH]ncc1-c1cc(C(=O)N[C@H](CN)Cc2ccc(F)c(F)c2)sc1C. The van der Waals surface area contributed by atoms with Crippen molar-refractivity contribution in [3.8, 4) is 11.1 Å². The Labute approximate surface area is 172 Å². The maximum Gasteiger partial charge on any atom is 0.261 e. The van der Waals surface area contributed by atoms with Crippen LogP contribution in [0, 0.1) is 18.6 Å². The van der Waals surface area contributed by atoms with E-state index in [4.69, 9.17) is 5.73 Å². The molecule has 0 radical (unpaired) electrons. The van der Waals surface area contributed by atoms with Gasteiger partial charge in [0.1, 0.15) is 0 Å². The van der Waals surface area contributed by atoms with Crippen molar-refractivity contribution in [2.24, 2.45) is 5.73 Å². The number of aryl methyl sites for hydroxylation is 2. The van der Waals surface area contributed by atoms with Gasteiger partial charge in [-0.15, -0.1) is 11.3 Å². The number of aromatic nitrogens is 2. The van der Waals surface area contributed by atoms with Gasteiger partial charge in [-0.2, -0.15) is 5.10 Å². The molecule has 8 heteroatoms. The summed E-state index contributed by atoms with van der Waals surface area (Å²) in [4.78, 5) is 14.4. The molecule has 0 saturated carbocycles. The number of amides is 1. The molecule has 29 heavy (non-hydrogen) atoms. The number of carbonyl (C=O) groups excluding carboxylic acids is 1. The van der Waals surface area contributed by atoms with Crippen LogP contribution < -0.4 is 11.1 Å². The van der Waals surface area contributed by atoms with Gasteiger partial charge in [0.15, 0.2) is 11.6 Å². The van der Waals surface area contributed by atoms with Crippen LogP contribution in [-0.2, 0) is 12.8 Å². The Morgan fingerprint density at radius 1 is 1.28 bits per heavy atom. The summed E-state index contributed by atoms with van der Waals surface area (Å²) in [6, 6.07) is 5.18. The number of benzene rings is 1. The van der Waals surface area contributed by atoms with Gasteiger partial charge in [0.05, 0.1) is 11.1 Å². The molecule has 0 aliphatic carbocycles. The molecule has 0 aliphatic heterocycles. The number of carbonyl (C=O) groups is 1. The van der Waals surface area contributed by atoms with Crippen molar-refractivity contribution in [1.29, 1.82) is 0 Å². The lowest BCUT2D eigenvalue weighted by Crippen LogP contribution is -2.41. The summed E-state index contributed by atoms with van der Waals surface area (Å²) in [5, 5.41) is 10.1. The van der Waals surface area contributed by atoms with Crippen LogP contribution in [0.4, 0.5) is 8.78 Å². The molecule has 1 atom stereocenters. The van der Waals surface area contributed by atoms with E-state index in [9.17, 15) is 13.6 Å². The highest BCUT2D eigenvalue weighted by Gasteiger charge is 2.19. The molecular weight excluding hydrogens is 394 g/mol. The van der Waals surface area contributed by atoms with E-state index < -0.39 is 11.6 Å². The quantitative estimate of drug-likeness (QED) is 0.517. The predicted molar refractivity (Wildman–Crippen MR) is 111 cm³/mol. The van der Waals surface area contributed by atoms with Crippen molar-refractivity contribution in [3.63, 3.8) is 0 Å². The number of nitrogens with two attached hydrogens (primary N) is 1. The maximum absolute atomic E-state index is 13.4. The van der Waals surface area contributed by atoms with Gasteiger partial charge >= 0.3 is 0 Å². The molecular formula is C21H24F2N4OS. The Morgan fingerprint density at radius 2 is 2.07 bits per heavy atom. The molecule has 5 nitrogen and oxygen atoms in total. The highest BCUT2D eigenvalue weighted by Crippen LogP contribution is 2.33. The molecule has 2 heterocycles. The van der Waals surface area contributed by atoms with Crippen LogP contribution in [0.5, 0.6) is 0 Å². The van der Waals surface area contributed by atoms with E-state index in [2.05, 4.69) is 22.4 Å². The Morgan fingerprint density at radius 3 is 2.76 bits per heavy atom. The zero-order chi connectivity index (χ0) is 21.0. The lowest BCUT2D eigenvalue weighted by Gasteiger charge is -2.16. The molecule has 4 N–H and O–H groups in total. The van der Waals surface area contributed by atoms with Gasteiger partial charge in [0, 0.05) is 28.7 Å². The minimum atomic E-state index is -0.911. The van der Waals surface area contributed by atoms with E-state index in [1.807, 2.05) is 13.0 Å². The average Bonchev–Trinajstić information content (AvgIpc) is 3.30. The molecule has 0 unspecified atom stereocenters. The lowest BCUT2D eigenvalue weighted by molar-refractivity contribution is 0.0942. The van der Waals surface area contributed by atoms with Crippen LogP contribution >= 0.6 is 11.3 Å². The minimum Gasteiger partial charge on any atom is -0.347 e. The Kier molecular flexibility index (Phi) is 6.76. The summed E-state index contributed by atoms with van der Waals surface area (Å²) < 4.78 is 26.5. The molecule has 0 bridgehead atoms. The fourth-order valence-corrected chi connectivity index (χ4v) is 4.19. The summed E-state index contributed by atoms with van der Waals surface area (Å²) in [5.41, 5.74) is 9.42. The molecule has 1 aromatic carbocycles. The second-order valence-electron chi connectivity index (χ2n) is 6.95. The van der Waals surface area contributed by atoms with Crippen LogP contribution in [-0.4, -0.2) is 28.7 Å². The summed E-state index contributed by atoms with van der Waals surface area (Å²) in [6.07, 6.45) is 3.98. The Bertz CT molecular complexity index is 998. The van der Waals surface area contributed by atoms with E-state index in [0.29, 0.717) is 16.9 Å². The molecule has 3 aromatic rings. The number of hydrogen-bond acceptors (Lipinski definition) is 4. The van der Waals surface area contributed by atoms with Gasteiger partial charge < -0.3 is 11.1 Å². The lowest BCUT2D eigenvalue weighted by atomic mass is 10.0. The van der Waals surface area contributed by atoms with Gasteiger partial charge in [-0.25, -0.2) is 8.78 Å². The molecule has 0 spiro atoms. The number of rotatable bonds is 8. The van der Waals surface area contributed by atoms with Gasteiger partial charge in [-0.1, -0.05) is 19.4 Å². The number of H-pyrrole nitrogens is 1. The first kappa shape index (κ1) is 21.1. The number of thiophene rings is 1. The highest BCUT2D eigenvalue weighted by molar-refractivity contribution is 7.14. The third-order valence-electron chi connectivity index (χ3n) is 4.74. The molecule has 0 saturated heterocycles. The third-order valence-corrected chi connectivity index (χ3v) is 5.79. The topological polar surface area (TPSA) is 83.8 Å². The van der Waals surface area contributed by atoms with Crippen LogP contribution in [0.2, 0.25) is 0 Å². The molecule has 2 aromatic heterocycles. The van der Waals surface area contributed by atoms with E-state index in [1.165, 1.54) is 17.4 Å². The first-order valence-corrected chi connectivity index (χ1v) is 10.3. The van der Waals surface area contributed by atoms with Crippen LogP contribution in [0.1, 0.15) is 39.2 Å². The highest BCUT2D eigenvalue weighted by atomic mass is 32.1. The largest absolute Gasteiger partial charge is 0.347 e. The monoisotopic (exact) mass is 418 g/mol. The van der Waals surface area contributed by atoms with Crippen molar-refractivity contribution < 1.29 is 13.6 Å². The second-order valence-corrected chi connectivity index (χ2v) is 8.21. The smallest absolute Gasteiger partial charge is 0.261 e. The Hall–Kier alpha value is -2.58.